The zero-order valence-electron chi connectivity index (χ0n) is 16.1. The van der Waals surface area contributed by atoms with E-state index in [0.29, 0.717) is 24.0 Å². The van der Waals surface area contributed by atoms with Crippen LogP contribution in [0.25, 0.3) is 0 Å². The first-order valence-electron chi connectivity index (χ1n) is 10.1. The fourth-order valence-electron chi connectivity index (χ4n) is 4.25. The number of nitrogens with one attached hydrogen (secondary N) is 1. The Morgan fingerprint density at radius 3 is 2.46 bits per heavy atom. The molecule has 3 rings (SSSR count). The summed E-state index contributed by atoms with van der Waals surface area (Å²) in [6.07, 6.45) is -0.424. The van der Waals surface area contributed by atoms with E-state index in [-0.39, 0.29) is 24.7 Å². The van der Waals surface area contributed by atoms with Gasteiger partial charge in [-0.2, -0.15) is 13.2 Å². The van der Waals surface area contributed by atoms with E-state index in [0.717, 1.165) is 38.5 Å². The number of carbonyl (C=O) groups is 2. The van der Waals surface area contributed by atoms with Crippen LogP contribution in [0.2, 0.25) is 0 Å². The molecule has 1 N–H and O–H groups in total. The molecule has 2 amide bonds. The number of unbranched alkanes of at least 4 members (excludes halogenated alkanes) is 1. The Kier molecular flexibility index (Phi) is 6.43. The number of halogens is 3. The number of rotatable bonds is 5. The maximum Gasteiger partial charge on any atom is 0.416 e. The highest BCUT2D eigenvalue weighted by molar-refractivity contribution is 6.00. The normalized spacial score (nSPS) is 22.4. The van der Waals surface area contributed by atoms with Gasteiger partial charge in [-0.3, -0.25) is 14.9 Å². The van der Waals surface area contributed by atoms with Crippen molar-refractivity contribution in [1.82, 2.24) is 10.2 Å². The lowest BCUT2D eigenvalue weighted by molar-refractivity contribution is -0.139. The first kappa shape index (κ1) is 20.8. The number of likely N-dealkylation sites (tertiary alicyclic amines) is 1. The standard InChI is InChI=1S/C21H27F3N2O2/c1-2-3-10-26-11-8-14(9-12-26)16-5-4-15(13-18(16)21(22,23)24)17-6-7-19(27)25-20(17)28/h4-5,13-14,17H,2-3,6-12H2,1H3,(H,25,27,28). The largest absolute Gasteiger partial charge is 0.416 e. The van der Waals surface area contributed by atoms with E-state index in [2.05, 4.69) is 17.1 Å². The minimum atomic E-state index is -4.47. The van der Waals surface area contributed by atoms with Gasteiger partial charge in [0, 0.05) is 6.42 Å². The summed E-state index contributed by atoms with van der Waals surface area (Å²) < 4.78 is 41.4. The second-order valence-corrected chi connectivity index (χ2v) is 7.82. The van der Waals surface area contributed by atoms with Gasteiger partial charge in [0.25, 0.3) is 0 Å². The molecule has 7 heteroatoms. The molecule has 154 valence electrons. The Bertz CT molecular complexity index is 725. The monoisotopic (exact) mass is 396 g/mol. The fraction of sp³-hybridized carbons (Fsp3) is 0.619. The van der Waals surface area contributed by atoms with E-state index in [1.54, 1.807) is 12.1 Å². The number of alkyl halides is 3. The molecule has 0 radical (unpaired) electrons. The van der Waals surface area contributed by atoms with Crippen LogP contribution in [-0.2, 0) is 15.8 Å². The van der Waals surface area contributed by atoms with Crippen LogP contribution in [0.15, 0.2) is 18.2 Å². The zero-order valence-corrected chi connectivity index (χ0v) is 16.1. The van der Waals surface area contributed by atoms with Gasteiger partial charge in [-0.25, -0.2) is 0 Å². The predicted molar refractivity (Wildman–Crippen MR) is 99.9 cm³/mol. The third kappa shape index (κ3) is 4.74. The third-order valence-electron chi connectivity index (χ3n) is 5.88. The summed E-state index contributed by atoms with van der Waals surface area (Å²) in [6.45, 7) is 4.77. The number of nitrogens with zero attached hydrogens (tertiary/aromatic N) is 1. The quantitative estimate of drug-likeness (QED) is 0.759. The van der Waals surface area contributed by atoms with Crippen molar-refractivity contribution in [1.29, 1.82) is 0 Å². The molecule has 2 aliphatic rings. The Labute approximate surface area is 163 Å². The molecular formula is C21H27F3N2O2. The van der Waals surface area contributed by atoms with Crippen molar-refractivity contribution < 1.29 is 22.8 Å². The minimum Gasteiger partial charge on any atom is -0.303 e. The molecule has 0 aliphatic carbocycles. The molecule has 0 bridgehead atoms. The van der Waals surface area contributed by atoms with Crippen molar-refractivity contribution in [2.75, 3.05) is 19.6 Å². The molecule has 0 aromatic heterocycles. The highest BCUT2D eigenvalue weighted by Crippen LogP contribution is 2.41. The smallest absolute Gasteiger partial charge is 0.303 e. The number of hydrogen-bond acceptors (Lipinski definition) is 3. The molecule has 1 atom stereocenters. The summed E-state index contributed by atoms with van der Waals surface area (Å²) in [7, 11) is 0. The Balaban J connectivity index is 1.81. The molecule has 1 unspecified atom stereocenters. The van der Waals surface area contributed by atoms with E-state index in [1.165, 1.54) is 0 Å². The van der Waals surface area contributed by atoms with Crippen LogP contribution in [0, 0.1) is 0 Å². The number of piperidine rings is 2. The first-order chi connectivity index (χ1) is 13.3. The maximum absolute atomic E-state index is 13.8. The average molecular weight is 396 g/mol. The molecule has 4 nitrogen and oxygen atoms in total. The van der Waals surface area contributed by atoms with Crippen molar-refractivity contribution >= 4 is 11.8 Å². The molecule has 2 aliphatic heterocycles. The summed E-state index contributed by atoms with van der Waals surface area (Å²) in [5.41, 5.74) is 0.0295. The number of hydrogen-bond donors (Lipinski definition) is 1. The van der Waals surface area contributed by atoms with Crippen molar-refractivity contribution in [3.63, 3.8) is 0 Å². The van der Waals surface area contributed by atoms with E-state index in [4.69, 9.17) is 0 Å². The van der Waals surface area contributed by atoms with Gasteiger partial charge in [0.1, 0.15) is 0 Å². The van der Waals surface area contributed by atoms with E-state index in [1.807, 2.05) is 0 Å². The minimum absolute atomic E-state index is 0.120. The van der Waals surface area contributed by atoms with Gasteiger partial charge in [0.15, 0.2) is 0 Å². The first-order valence-corrected chi connectivity index (χ1v) is 10.1. The molecular weight excluding hydrogens is 369 g/mol. The van der Waals surface area contributed by atoms with Crippen LogP contribution >= 0.6 is 0 Å². The molecule has 2 saturated heterocycles. The zero-order chi connectivity index (χ0) is 20.3. The summed E-state index contributed by atoms with van der Waals surface area (Å²) >= 11 is 0. The molecule has 0 saturated carbocycles. The Morgan fingerprint density at radius 1 is 1.14 bits per heavy atom. The van der Waals surface area contributed by atoms with Gasteiger partial charge < -0.3 is 4.90 Å². The van der Waals surface area contributed by atoms with Gasteiger partial charge in [-0.15, -0.1) is 0 Å². The number of benzene rings is 1. The number of imide groups is 1. The highest BCUT2D eigenvalue weighted by Gasteiger charge is 2.38. The number of carbonyl (C=O) groups excluding carboxylic acids is 2. The summed E-state index contributed by atoms with van der Waals surface area (Å²) in [6, 6.07) is 4.31. The maximum atomic E-state index is 13.8. The van der Waals surface area contributed by atoms with E-state index >= 15 is 0 Å². The van der Waals surface area contributed by atoms with Gasteiger partial charge in [0.05, 0.1) is 11.5 Å². The van der Waals surface area contributed by atoms with Crippen molar-refractivity contribution in [2.24, 2.45) is 0 Å². The van der Waals surface area contributed by atoms with Crippen LogP contribution in [0.1, 0.15) is 74.0 Å². The van der Waals surface area contributed by atoms with Crippen LogP contribution in [-0.4, -0.2) is 36.3 Å². The lowest BCUT2D eigenvalue weighted by Crippen LogP contribution is -2.39. The number of amides is 2. The second-order valence-electron chi connectivity index (χ2n) is 7.82. The highest BCUT2D eigenvalue weighted by atomic mass is 19.4. The summed E-state index contributed by atoms with van der Waals surface area (Å²) in [5, 5.41) is 2.22. The van der Waals surface area contributed by atoms with Crippen LogP contribution in [0.3, 0.4) is 0 Å². The lowest BCUT2D eigenvalue weighted by Gasteiger charge is -2.33. The lowest BCUT2D eigenvalue weighted by atomic mass is 9.82. The Morgan fingerprint density at radius 2 is 1.86 bits per heavy atom. The third-order valence-corrected chi connectivity index (χ3v) is 5.88. The van der Waals surface area contributed by atoms with Crippen molar-refractivity contribution in [2.45, 2.75) is 63.5 Å². The van der Waals surface area contributed by atoms with Crippen molar-refractivity contribution in [3.8, 4) is 0 Å². The van der Waals surface area contributed by atoms with Gasteiger partial charge in [-0.1, -0.05) is 25.5 Å². The van der Waals surface area contributed by atoms with E-state index in [9.17, 15) is 22.8 Å². The van der Waals surface area contributed by atoms with E-state index < -0.39 is 23.6 Å². The Hall–Kier alpha value is -1.89. The predicted octanol–water partition coefficient (Wildman–Crippen LogP) is 4.21. The second kappa shape index (κ2) is 8.64. The molecule has 1 aromatic carbocycles. The summed E-state index contributed by atoms with van der Waals surface area (Å²) in [5.74, 6) is -1.71. The molecule has 1 aromatic rings. The van der Waals surface area contributed by atoms with Gasteiger partial charge in [0.2, 0.25) is 11.8 Å². The SMILES string of the molecule is CCCCN1CCC(c2ccc(C3CCC(=O)NC3=O)cc2C(F)(F)F)CC1. The molecule has 0 spiro atoms. The summed E-state index contributed by atoms with van der Waals surface area (Å²) in [4.78, 5) is 25.7. The average Bonchev–Trinajstić information content (AvgIpc) is 2.66. The molecule has 28 heavy (non-hydrogen) atoms. The van der Waals surface area contributed by atoms with Crippen LogP contribution in [0.5, 0.6) is 0 Å². The molecule has 2 fully saturated rings. The van der Waals surface area contributed by atoms with Crippen LogP contribution < -0.4 is 5.32 Å². The fourth-order valence-corrected chi connectivity index (χ4v) is 4.25. The topological polar surface area (TPSA) is 49.4 Å². The molecule has 2 heterocycles. The van der Waals surface area contributed by atoms with Crippen LogP contribution in [0.4, 0.5) is 13.2 Å². The van der Waals surface area contributed by atoms with Gasteiger partial charge >= 0.3 is 6.18 Å². The van der Waals surface area contributed by atoms with Crippen molar-refractivity contribution in [3.05, 3.63) is 34.9 Å². The van der Waals surface area contributed by atoms with Gasteiger partial charge in [-0.05, 0) is 68.4 Å².